The Morgan fingerprint density at radius 3 is 2.64 bits per heavy atom. The quantitative estimate of drug-likeness (QED) is 0.729. The van der Waals surface area contributed by atoms with Crippen molar-refractivity contribution in [1.29, 1.82) is 0 Å². The highest BCUT2D eigenvalue weighted by Gasteiger charge is 2.33. The molecule has 0 spiro atoms. The summed E-state index contributed by atoms with van der Waals surface area (Å²) in [6.45, 7) is 2.71. The molecule has 2 atom stereocenters. The van der Waals surface area contributed by atoms with Crippen molar-refractivity contribution in [3.63, 3.8) is 0 Å². The predicted molar refractivity (Wildman–Crippen MR) is 107 cm³/mol. The van der Waals surface area contributed by atoms with Gasteiger partial charge in [0.25, 0.3) is 0 Å². The lowest BCUT2D eigenvalue weighted by atomic mass is 10.1. The molecule has 0 radical (unpaired) electrons. The Labute approximate surface area is 165 Å². The van der Waals surface area contributed by atoms with Crippen molar-refractivity contribution in [3.8, 4) is 5.75 Å². The van der Waals surface area contributed by atoms with Crippen molar-refractivity contribution in [2.24, 2.45) is 0 Å². The molecule has 28 heavy (non-hydrogen) atoms. The van der Waals surface area contributed by atoms with E-state index in [0.717, 1.165) is 11.1 Å². The van der Waals surface area contributed by atoms with Crippen LogP contribution in [0.5, 0.6) is 5.75 Å². The molecular weight excluding hydrogens is 381 g/mol. The van der Waals surface area contributed by atoms with Gasteiger partial charge < -0.3 is 9.84 Å². The van der Waals surface area contributed by atoms with Crippen molar-refractivity contribution in [2.75, 3.05) is 24.7 Å². The molecule has 0 aromatic heterocycles. The molecule has 2 aromatic carbocycles. The van der Waals surface area contributed by atoms with Gasteiger partial charge in [-0.3, -0.25) is 4.90 Å². The summed E-state index contributed by atoms with van der Waals surface area (Å²) in [5.74, 6) is 0.547. The van der Waals surface area contributed by atoms with Crippen molar-refractivity contribution in [2.45, 2.75) is 32.0 Å². The van der Waals surface area contributed by atoms with Crippen LogP contribution in [0.1, 0.15) is 17.5 Å². The third-order valence-electron chi connectivity index (χ3n) is 4.91. The highest BCUT2D eigenvalue weighted by atomic mass is 32.2. The summed E-state index contributed by atoms with van der Waals surface area (Å²) in [6.07, 6.45) is -0.276. The van der Waals surface area contributed by atoms with E-state index in [1.165, 1.54) is 12.1 Å². The molecule has 1 aliphatic heterocycles. The summed E-state index contributed by atoms with van der Waals surface area (Å²) in [4.78, 5) is 1.92. The Kier molecular flexibility index (Phi) is 6.69. The van der Waals surface area contributed by atoms with Gasteiger partial charge in [0, 0.05) is 19.1 Å². The zero-order chi connectivity index (χ0) is 20.1. The number of aliphatic hydroxyl groups excluding tert-OH is 1. The lowest BCUT2D eigenvalue weighted by Crippen LogP contribution is -2.42. The number of ether oxygens (including phenoxy) is 1. The second-order valence-corrected chi connectivity index (χ2v) is 9.62. The van der Waals surface area contributed by atoms with Gasteiger partial charge in [-0.15, -0.1) is 0 Å². The summed E-state index contributed by atoms with van der Waals surface area (Å²) in [6, 6.07) is 13.6. The molecule has 1 fully saturated rings. The van der Waals surface area contributed by atoms with E-state index in [9.17, 15) is 17.9 Å². The van der Waals surface area contributed by atoms with Crippen LogP contribution in [0.2, 0.25) is 0 Å². The number of rotatable bonds is 8. The summed E-state index contributed by atoms with van der Waals surface area (Å²) < 4.78 is 43.0. The Balaban J connectivity index is 1.64. The molecule has 152 valence electrons. The molecule has 0 amide bonds. The number of halogens is 1. The first-order chi connectivity index (χ1) is 13.3. The SMILES string of the molecule is Cc1ccc(OCC(O)CN(Cc2cccc(F)c2)C2CCS(=O)(=O)C2)cc1. The molecule has 5 nitrogen and oxygen atoms in total. The monoisotopic (exact) mass is 407 g/mol. The second-order valence-electron chi connectivity index (χ2n) is 7.39. The predicted octanol–water partition coefficient (Wildman–Crippen LogP) is 2.56. The van der Waals surface area contributed by atoms with Crippen LogP contribution < -0.4 is 4.74 Å². The minimum Gasteiger partial charge on any atom is -0.491 e. The molecule has 0 bridgehead atoms. The smallest absolute Gasteiger partial charge is 0.151 e. The molecule has 7 heteroatoms. The van der Waals surface area contributed by atoms with E-state index in [1.54, 1.807) is 12.1 Å². The van der Waals surface area contributed by atoms with Crippen LogP contribution >= 0.6 is 0 Å². The minimum absolute atomic E-state index is 0.0633. The van der Waals surface area contributed by atoms with Gasteiger partial charge in [0.1, 0.15) is 24.3 Å². The number of sulfone groups is 1. The molecular formula is C21H26FNO4S. The van der Waals surface area contributed by atoms with Crippen molar-refractivity contribution in [1.82, 2.24) is 4.90 Å². The second kappa shape index (κ2) is 9.03. The molecule has 3 rings (SSSR count). The van der Waals surface area contributed by atoms with Crippen molar-refractivity contribution < 1.29 is 22.7 Å². The van der Waals surface area contributed by atoms with Crippen LogP contribution in [-0.2, 0) is 16.4 Å². The lowest BCUT2D eigenvalue weighted by Gasteiger charge is -2.30. The molecule has 2 aromatic rings. The van der Waals surface area contributed by atoms with E-state index >= 15 is 0 Å². The van der Waals surface area contributed by atoms with Crippen LogP contribution in [0.3, 0.4) is 0 Å². The van der Waals surface area contributed by atoms with Gasteiger partial charge in [-0.2, -0.15) is 0 Å². The third-order valence-corrected chi connectivity index (χ3v) is 6.66. The standard InChI is InChI=1S/C21H26FNO4S/c1-16-5-7-21(8-6-16)27-14-20(24)13-23(19-9-10-28(25,26)15-19)12-17-3-2-4-18(22)11-17/h2-8,11,19-20,24H,9-10,12-15H2,1H3. The van der Waals surface area contributed by atoms with Crippen LogP contribution in [0.25, 0.3) is 0 Å². The Hall–Kier alpha value is -1.96. The molecule has 2 unspecified atom stereocenters. The summed E-state index contributed by atoms with van der Waals surface area (Å²) in [7, 11) is -3.06. The lowest BCUT2D eigenvalue weighted by molar-refractivity contribution is 0.0524. The van der Waals surface area contributed by atoms with Gasteiger partial charge in [0.2, 0.25) is 0 Å². The molecule has 0 saturated carbocycles. The van der Waals surface area contributed by atoms with E-state index in [1.807, 2.05) is 36.1 Å². The average molecular weight is 408 g/mol. The maximum absolute atomic E-state index is 13.5. The van der Waals surface area contributed by atoms with Crippen molar-refractivity contribution >= 4 is 9.84 Å². The van der Waals surface area contributed by atoms with E-state index in [-0.39, 0.29) is 36.5 Å². The van der Waals surface area contributed by atoms with E-state index in [0.29, 0.717) is 18.7 Å². The summed E-state index contributed by atoms with van der Waals surface area (Å²) >= 11 is 0. The van der Waals surface area contributed by atoms with Crippen molar-refractivity contribution in [3.05, 3.63) is 65.5 Å². The average Bonchev–Trinajstić information content (AvgIpc) is 3.01. The van der Waals surface area contributed by atoms with Crippen LogP contribution in [0.4, 0.5) is 4.39 Å². The highest BCUT2D eigenvalue weighted by molar-refractivity contribution is 7.91. The Morgan fingerprint density at radius 1 is 1.25 bits per heavy atom. The number of hydrogen-bond donors (Lipinski definition) is 1. The number of benzene rings is 2. The van der Waals surface area contributed by atoms with Gasteiger partial charge in [0.05, 0.1) is 11.5 Å². The maximum Gasteiger partial charge on any atom is 0.151 e. The Bertz CT molecular complexity index is 886. The van der Waals surface area contributed by atoms with E-state index < -0.39 is 15.9 Å². The number of hydrogen-bond acceptors (Lipinski definition) is 5. The first kappa shape index (κ1) is 20.8. The zero-order valence-electron chi connectivity index (χ0n) is 15.9. The summed E-state index contributed by atoms with van der Waals surface area (Å²) in [5, 5.41) is 10.5. The molecule has 1 saturated heterocycles. The molecule has 1 aliphatic rings. The fourth-order valence-corrected chi connectivity index (χ4v) is 5.19. The third kappa shape index (κ3) is 6.02. The van der Waals surface area contributed by atoms with E-state index in [2.05, 4.69) is 0 Å². The fourth-order valence-electron chi connectivity index (χ4n) is 3.43. The number of nitrogens with zero attached hydrogens (tertiary/aromatic N) is 1. The topological polar surface area (TPSA) is 66.8 Å². The summed E-state index contributed by atoms with van der Waals surface area (Å²) in [5.41, 5.74) is 1.87. The normalized spacial score (nSPS) is 19.6. The molecule has 1 N–H and O–H groups in total. The van der Waals surface area contributed by atoms with Gasteiger partial charge in [-0.25, -0.2) is 12.8 Å². The Morgan fingerprint density at radius 2 is 2.00 bits per heavy atom. The largest absolute Gasteiger partial charge is 0.491 e. The first-order valence-electron chi connectivity index (χ1n) is 9.37. The van der Waals surface area contributed by atoms with Crippen LogP contribution in [-0.4, -0.2) is 55.2 Å². The first-order valence-corrected chi connectivity index (χ1v) is 11.2. The van der Waals surface area contributed by atoms with Gasteiger partial charge in [-0.1, -0.05) is 29.8 Å². The number of aliphatic hydroxyl groups is 1. The highest BCUT2D eigenvalue weighted by Crippen LogP contribution is 2.21. The van der Waals surface area contributed by atoms with Gasteiger partial charge >= 0.3 is 0 Å². The van der Waals surface area contributed by atoms with Crippen LogP contribution in [0.15, 0.2) is 48.5 Å². The van der Waals surface area contributed by atoms with Crippen LogP contribution in [0, 0.1) is 12.7 Å². The number of aryl methyl sites for hydroxylation is 1. The van der Waals surface area contributed by atoms with E-state index in [4.69, 9.17) is 4.74 Å². The minimum atomic E-state index is -3.06. The van der Waals surface area contributed by atoms with Gasteiger partial charge in [-0.05, 0) is 43.2 Å². The molecule has 0 aliphatic carbocycles. The fraction of sp³-hybridized carbons (Fsp3) is 0.429. The maximum atomic E-state index is 13.5. The zero-order valence-corrected chi connectivity index (χ0v) is 16.7. The molecule has 1 heterocycles. The van der Waals surface area contributed by atoms with Gasteiger partial charge in [0.15, 0.2) is 9.84 Å².